The molecular weight excluding hydrogens is 232 g/mol. The molecule has 0 spiro atoms. The van der Waals surface area contributed by atoms with Crippen LogP contribution >= 0.6 is 0 Å². The highest BCUT2D eigenvalue weighted by Gasteiger charge is 1.98. The largest absolute Gasteiger partial charge is 0.394 e. The Morgan fingerprint density at radius 2 is 2.39 bits per heavy atom. The van der Waals surface area contributed by atoms with Gasteiger partial charge in [-0.15, -0.1) is 0 Å². The molecule has 0 aliphatic heterocycles. The Hall–Kier alpha value is -1.73. The van der Waals surface area contributed by atoms with Crippen molar-refractivity contribution in [3.63, 3.8) is 0 Å². The second kappa shape index (κ2) is 6.87. The van der Waals surface area contributed by atoms with Gasteiger partial charge in [0.25, 0.3) is 0 Å². The van der Waals surface area contributed by atoms with Crippen LogP contribution in [0.5, 0.6) is 0 Å². The quantitative estimate of drug-likeness (QED) is 0.560. The molecule has 2 aromatic rings. The monoisotopic (exact) mass is 250 g/mol. The molecular formula is C11H18N6O. The lowest BCUT2D eigenvalue weighted by Crippen LogP contribution is -2.15. The molecule has 2 heterocycles. The first-order valence-electron chi connectivity index (χ1n) is 6.05. The van der Waals surface area contributed by atoms with Crippen LogP contribution in [0, 0.1) is 0 Å². The number of aromatic nitrogens is 5. The normalized spacial score (nSPS) is 10.9. The van der Waals surface area contributed by atoms with Crippen LogP contribution in [-0.4, -0.2) is 43.2 Å². The van der Waals surface area contributed by atoms with Gasteiger partial charge in [-0.1, -0.05) is 0 Å². The molecule has 0 aliphatic carbocycles. The molecule has 0 amide bonds. The summed E-state index contributed by atoms with van der Waals surface area (Å²) in [5, 5.41) is 22.9. The van der Waals surface area contributed by atoms with Crippen molar-refractivity contribution in [3.05, 3.63) is 30.1 Å². The number of nitrogens with one attached hydrogen (secondary N) is 2. The van der Waals surface area contributed by atoms with E-state index in [1.54, 1.807) is 4.68 Å². The Bertz CT molecular complexity index is 438. The molecule has 0 fully saturated rings. The number of rotatable bonds is 8. The average molecular weight is 250 g/mol. The number of aliphatic hydroxyl groups is 1. The predicted molar refractivity (Wildman–Crippen MR) is 65.7 cm³/mol. The standard InChI is InChI=1S/C11H18N6O/c18-5-4-17-8-10(7-15-17)6-12-3-1-2-11-13-9-14-16-11/h7-9,12,18H,1-6H2,(H,13,14,16). The summed E-state index contributed by atoms with van der Waals surface area (Å²) in [5.74, 6) is 0.924. The minimum atomic E-state index is 0.117. The van der Waals surface area contributed by atoms with Crippen LogP contribution in [-0.2, 0) is 19.5 Å². The highest BCUT2D eigenvalue weighted by Crippen LogP contribution is 1.97. The molecule has 3 N–H and O–H groups in total. The molecule has 0 saturated heterocycles. The van der Waals surface area contributed by atoms with E-state index in [2.05, 4.69) is 25.6 Å². The second-order valence-electron chi connectivity index (χ2n) is 4.05. The molecule has 98 valence electrons. The minimum absolute atomic E-state index is 0.117. The van der Waals surface area contributed by atoms with Crippen molar-refractivity contribution in [3.8, 4) is 0 Å². The van der Waals surface area contributed by atoms with Gasteiger partial charge in [0.1, 0.15) is 12.2 Å². The first-order valence-corrected chi connectivity index (χ1v) is 6.05. The number of aryl methyl sites for hydroxylation is 1. The summed E-state index contributed by atoms with van der Waals surface area (Å²) in [6.07, 6.45) is 7.20. The maximum absolute atomic E-state index is 8.78. The summed E-state index contributed by atoms with van der Waals surface area (Å²) in [5.41, 5.74) is 1.13. The van der Waals surface area contributed by atoms with Gasteiger partial charge in [0.15, 0.2) is 0 Å². The summed E-state index contributed by atoms with van der Waals surface area (Å²) in [6, 6.07) is 0. The number of hydrogen-bond donors (Lipinski definition) is 3. The molecule has 0 aromatic carbocycles. The van der Waals surface area contributed by atoms with E-state index in [-0.39, 0.29) is 6.61 Å². The van der Waals surface area contributed by atoms with Crippen LogP contribution in [0.15, 0.2) is 18.7 Å². The average Bonchev–Trinajstić information content (AvgIpc) is 3.01. The Kier molecular flexibility index (Phi) is 4.86. The zero-order valence-electron chi connectivity index (χ0n) is 10.2. The maximum Gasteiger partial charge on any atom is 0.137 e. The lowest BCUT2D eigenvalue weighted by molar-refractivity contribution is 0.269. The fourth-order valence-corrected chi connectivity index (χ4v) is 1.69. The zero-order valence-corrected chi connectivity index (χ0v) is 10.2. The second-order valence-corrected chi connectivity index (χ2v) is 4.05. The van der Waals surface area contributed by atoms with Crippen molar-refractivity contribution in [1.29, 1.82) is 0 Å². The first-order chi connectivity index (χ1) is 8.88. The van der Waals surface area contributed by atoms with E-state index < -0.39 is 0 Å². The van der Waals surface area contributed by atoms with Crippen LogP contribution in [0.4, 0.5) is 0 Å². The highest BCUT2D eigenvalue weighted by molar-refractivity contribution is 5.03. The van der Waals surface area contributed by atoms with Crippen LogP contribution in [0.1, 0.15) is 17.8 Å². The first kappa shape index (κ1) is 12.7. The van der Waals surface area contributed by atoms with Gasteiger partial charge in [-0.2, -0.15) is 10.2 Å². The van der Waals surface area contributed by atoms with Crippen molar-refractivity contribution in [2.45, 2.75) is 25.9 Å². The van der Waals surface area contributed by atoms with Crippen molar-refractivity contribution in [2.24, 2.45) is 0 Å². The molecule has 0 aliphatic rings. The smallest absolute Gasteiger partial charge is 0.137 e. The summed E-state index contributed by atoms with van der Waals surface area (Å²) >= 11 is 0. The van der Waals surface area contributed by atoms with E-state index in [1.807, 2.05) is 12.4 Å². The summed E-state index contributed by atoms with van der Waals surface area (Å²) in [7, 11) is 0. The Morgan fingerprint density at radius 1 is 1.44 bits per heavy atom. The summed E-state index contributed by atoms with van der Waals surface area (Å²) < 4.78 is 1.74. The minimum Gasteiger partial charge on any atom is -0.394 e. The predicted octanol–water partition coefficient (Wildman–Crippen LogP) is -0.284. The van der Waals surface area contributed by atoms with Crippen molar-refractivity contribution < 1.29 is 5.11 Å². The number of nitrogens with zero attached hydrogens (tertiary/aromatic N) is 4. The van der Waals surface area contributed by atoms with E-state index in [0.29, 0.717) is 6.54 Å². The van der Waals surface area contributed by atoms with Crippen LogP contribution < -0.4 is 5.32 Å². The van der Waals surface area contributed by atoms with Gasteiger partial charge in [0.2, 0.25) is 0 Å². The number of H-pyrrole nitrogens is 1. The van der Waals surface area contributed by atoms with Crippen molar-refractivity contribution in [2.75, 3.05) is 13.2 Å². The maximum atomic E-state index is 8.78. The molecule has 0 unspecified atom stereocenters. The Labute approximate surface area is 105 Å². The molecule has 0 bridgehead atoms. The molecule has 0 radical (unpaired) electrons. The van der Waals surface area contributed by atoms with E-state index in [0.717, 1.165) is 37.3 Å². The third kappa shape index (κ3) is 3.94. The summed E-state index contributed by atoms with van der Waals surface area (Å²) in [6.45, 7) is 2.38. The van der Waals surface area contributed by atoms with Crippen molar-refractivity contribution in [1.82, 2.24) is 30.3 Å². The number of aliphatic hydroxyl groups excluding tert-OH is 1. The Balaban J connectivity index is 1.59. The lowest BCUT2D eigenvalue weighted by Gasteiger charge is -2.01. The van der Waals surface area contributed by atoms with E-state index in [9.17, 15) is 0 Å². The summed E-state index contributed by atoms with van der Waals surface area (Å²) in [4.78, 5) is 4.06. The molecule has 18 heavy (non-hydrogen) atoms. The molecule has 2 rings (SSSR count). The molecule has 7 nitrogen and oxygen atoms in total. The lowest BCUT2D eigenvalue weighted by atomic mass is 10.3. The fraction of sp³-hybridized carbons (Fsp3) is 0.545. The third-order valence-electron chi connectivity index (χ3n) is 2.58. The van der Waals surface area contributed by atoms with Gasteiger partial charge in [-0.25, -0.2) is 4.98 Å². The van der Waals surface area contributed by atoms with Crippen LogP contribution in [0.2, 0.25) is 0 Å². The van der Waals surface area contributed by atoms with E-state index in [1.165, 1.54) is 6.33 Å². The molecule has 0 saturated carbocycles. The van der Waals surface area contributed by atoms with E-state index >= 15 is 0 Å². The SMILES string of the molecule is OCCn1cc(CNCCCc2ncn[nH]2)cn1. The third-order valence-corrected chi connectivity index (χ3v) is 2.58. The van der Waals surface area contributed by atoms with Gasteiger partial charge in [-0.05, 0) is 13.0 Å². The van der Waals surface area contributed by atoms with Gasteiger partial charge in [0.05, 0.1) is 19.3 Å². The molecule has 0 atom stereocenters. The van der Waals surface area contributed by atoms with Crippen LogP contribution in [0.25, 0.3) is 0 Å². The Morgan fingerprint density at radius 3 is 3.17 bits per heavy atom. The van der Waals surface area contributed by atoms with Gasteiger partial charge < -0.3 is 10.4 Å². The van der Waals surface area contributed by atoms with Crippen molar-refractivity contribution >= 4 is 0 Å². The fourth-order valence-electron chi connectivity index (χ4n) is 1.69. The van der Waals surface area contributed by atoms with Gasteiger partial charge in [0, 0.05) is 24.7 Å². The zero-order chi connectivity index (χ0) is 12.6. The topological polar surface area (TPSA) is 91.6 Å². The molecule has 7 heteroatoms. The van der Waals surface area contributed by atoms with E-state index in [4.69, 9.17) is 5.11 Å². The highest BCUT2D eigenvalue weighted by atomic mass is 16.3. The van der Waals surface area contributed by atoms with Crippen LogP contribution in [0.3, 0.4) is 0 Å². The van der Waals surface area contributed by atoms with Gasteiger partial charge in [-0.3, -0.25) is 9.78 Å². The number of aromatic amines is 1. The number of hydrogen-bond acceptors (Lipinski definition) is 5. The molecule has 2 aromatic heterocycles. The van der Waals surface area contributed by atoms with Gasteiger partial charge >= 0.3 is 0 Å².